The highest BCUT2D eigenvalue weighted by Gasteiger charge is 2.34. The first-order valence-corrected chi connectivity index (χ1v) is 9.36. The molecule has 1 atom stereocenters. The van der Waals surface area contributed by atoms with E-state index in [-0.39, 0.29) is 36.7 Å². The van der Waals surface area contributed by atoms with Crippen LogP contribution in [0.15, 0.2) is 48.8 Å². The molecule has 1 aromatic heterocycles. The minimum atomic E-state index is -3.53. The highest BCUT2D eigenvalue weighted by molar-refractivity contribution is 7.91. The molecule has 1 saturated heterocycles. The molecule has 2 aromatic rings. The Balaban J connectivity index is 1.85. The fourth-order valence-corrected chi connectivity index (χ4v) is 4.71. The minimum absolute atomic E-state index is 0.106. The van der Waals surface area contributed by atoms with E-state index in [1.165, 1.54) is 35.5 Å². The van der Waals surface area contributed by atoms with Crippen molar-refractivity contribution in [2.24, 2.45) is 0 Å². The van der Waals surface area contributed by atoms with Crippen molar-refractivity contribution in [3.63, 3.8) is 0 Å². The van der Waals surface area contributed by atoms with Crippen molar-refractivity contribution in [3.8, 4) is 0 Å². The van der Waals surface area contributed by atoms with E-state index in [0.717, 1.165) is 0 Å². The van der Waals surface area contributed by atoms with Gasteiger partial charge >= 0.3 is 0 Å². The SMILES string of the molecule is O=C(c1ccncc1)N1CCC(c2ccccc2F)S(=O)(=O)CC1. The molecule has 7 heteroatoms. The Morgan fingerprint density at radius 1 is 1.12 bits per heavy atom. The lowest BCUT2D eigenvalue weighted by Gasteiger charge is -2.20. The largest absolute Gasteiger partial charge is 0.338 e. The molecule has 0 radical (unpaired) electrons. The first-order chi connectivity index (χ1) is 11.5. The van der Waals surface area contributed by atoms with Crippen molar-refractivity contribution in [1.29, 1.82) is 0 Å². The third-order valence-electron chi connectivity index (χ3n) is 4.21. The molecule has 1 aliphatic heterocycles. The maximum Gasteiger partial charge on any atom is 0.253 e. The fraction of sp³-hybridized carbons (Fsp3) is 0.294. The van der Waals surface area contributed by atoms with E-state index < -0.39 is 20.9 Å². The number of hydrogen-bond acceptors (Lipinski definition) is 4. The summed E-state index contributed by atoms with van der Waals surface area (Å²) in [7, 11) is -3.53. The molecule has 0 bridgehead atoms. The van der Waals surface area contributed by atoms with Crippen LogP contribution in [-0.4, -0.2) is 43.1 Å². The van der Waals surface area contributed by atoms with E-state index in [0.29, 0.717) is 5.56 Å². The van der Waals surface area contributed by atoms with Crippen molar-refractivity contribution < 1.29 is 17.6 Å². The Kier molecular flexibility index (Phi) is 4.62. The van der Waals surface area contributed by atoms with Gasteiger partial charge in [0.1, 0.15) is 5.82 Å². The quantitative estimate of drug-likeness (QED) is 0.835. The molecule has 1 aliphatic rings. The molecular weight excluding hydrogens is 331 g/mol. The van der Waals surface area contributed by atoms with Gasteiger partial charge in [-0.3, -0.25) is 9.78 Å². The number of hydrogen-bond donors (Lipinski definition) is 0. The molecule has 0 aliphatic carbocycles. The summed E-state index contributed by atoms with van der Waals surface area (Å²) >= 11 is 0. The summed E-state index contributed by atoms with van der Waals surface area (Å²) in [5.74, 6) is -0.940. The molecule has 0 spiro atoms. The van der Waals surface area contributed by atoms with Crippen LogP contribution in [0.4, 0.5) is 4.39 Å². The third-order valence-corrected chi connectivity index (χ3v) is 6.32. The second kappa shape index (κ2) is 6.68. The summed E-state index contributed by atoms with van der Waals surface area (Å²) in [6, 6.07) is 9.10. The molecule has 1 aromatic carbocycles. The van der Waals surface area contributed by atoms with Crippen molar-refractivity contribution in [2.75, 3.05) is 18.8 Å². The monoisotopic (exact) mass is 348 g/mol. The molecule has 1 amide bonds. The lowest BCUT2D eigenvalue weighted by atomic mass is 10.1. The topological polar surface area (TPSA) is 67.3 Å². The summed E-state index contributed by atoms with van der Waals surface area (Å²) < 4.78 is 39.1. The summed E-state index contributed by atoms with van der Waals surface area (Å²) in [6.45, 7) is 0.369. The van der Waals surface area contributed by atoms with Gasteiger partial charge in [-0.25, -0.2) is 12.8 Å². The van der Waals surface area contributed by atoms with Gasteiger partial charge in [-0.1, -0.05) is 18.2 Å². The Morgan fingerprint density at radius 3 is 2.54 bits per heavy atom. The van der Waals surface area contributed by atoms with Crippen LogP contribution in [0.2, 0.25) is 0 Å². The van der Waals surface area contributed by atoms with E-state index >= 15 is 0 Å². The lowest BCUT2D eigenvalue weighted by Crippen LogP contribution is -2.33. The van der Waals surface area contributed by atoms with E-state index in [1.807, 2.05) is 0 Å². The predicted molar refractivity (Wildman–Crippen MR) is 87.7 cm³/mol. The number of nitrogens with zero attached hydrogens (tertiary/aromatic N) is 2. The van der Waals surface area contributed by atoms with Crippen molar-refractivity contribution >= 4 is 15.7 Å². The maximum absolute atomic E-state index is 14.0. The number of halogens is 1. The van der Waals surface area contributed by atoms with Crippen LogP contribution in [0.25, 0.3) is 0 Å². The number of pyridine rings is 1. The smallest absolute Gasteiger partial charge is 0.253 e. The van der Waals surface area contributed by atoms with Gasteiger partial charge in [-0.05, 0) is 24.6 Å². The van der Waals surface area contributed by atoms with Gasteiger partial charge in [-0.2, -0.15) is 0 Å². The molecule has 3 rings (SSSR count). The Morgan fingerprint density at radius 2 is 1.83 bits per heavy atom. The van der Waals surface area contributed by atoms with Crippen LogP contribution in [-0.2, 0) is 9.84 Å². The van der Waals surface area contributed by atoms with Gasteiger partial charge in [0.2, 0.25) is 0 Å². The van der Waals surface area contributed by atoms with Crippen LogP contribution in [0.5, 0.6) is 0 Å². The lowest BCUT2D eigenvalue weighted by molar-refractivity contribution is 0.0766. The van der Waals surface area contributed by atoms with Gasteiger partial charge < -0.3 is 4.90 Å². The number of carbonyl (C=O) groups excluding carboxylic acids is 1. The maximum atomic E-state index is 14.0. The summed E-state index contributed by atoms with van der Waals surface area (Å²) in [5.41, 5.74) is 0.641. The summed E-state index contributed by atoms with van der Waals surface area (Å²) in [4.78, 5) is 17.9. The molecule has 1 fully saturated rings. The third kappa shape index (κ3) is 3.31. The van der Waals surface area contributed by atoms with E-state index in [1.54, 1.807) is 18.2 Å². The molecular formula is C17H17FN2O3S. The standard InChI is InChI=1S/C17H17FN2O3S/c18-15-4-2-1-3-14(15)16-7-10-20(11-12-24(16,22)23)17(21)13-5-8-19-9-6-13/h1-6,8-9,16H,7,10-12H2. The number of aromatic nitrogens is 1. The van der Waals surface area contributed by atoms with Crippen LogP contribution >= 0.6 is 0 Å². The predicted octanol–water partition coefficient (Wildman–Crippen LogP) is 2.22. The number of benzene rings is 1. The average Bonchev–Trinajstić information content (AvgIpc) is 2.74. The molecule has 2 heterocycles. The second-order valence-corrected chi connectivity index (χ2v) is 8.00. The highest BCUT2D eigenvalue weighted by Crippen LogP contribution is 2.31. The Labute approximate surface area is 140 Å². The average molecular weight is 348 g/mol. The van der Waals surface area contributed by atoms with E-state index in [4.69, 9.17) is 0 Å². The number of sulfone groups is 1. The van der Waals surface area contributed by atoms with Crippen molar-refractivity contribution in [3.05, 3.63) is 65.7 Å². The van der Waals surface area contributed by atoms with E-state index in [9.17, 15) is 17.6 Å². The van der Waals surface area contributed by atoms with Crippen molar-refractivity contribution in [1.82, 2.24) is 9.88 Å². The molecule has 5 nitrogen and oxygen atoms in total. The summed E-state index contributed by atoms with van der Waals surface area (Å²) in [5, 5.41) is -0.922. The molecule has 126 valence electrons. The van der Waals surface area contributed by atoms with Gasteiger partial charge in [-0.15, -0.1) is 0 Å². The van der Waals surface area contributed by atoms with Crippen LogP contribution in [0.1, 0.15) is 27.6 Å². The van der Waals surface area contributed by atoms with Crippen LogP contribution < -0.4 is 0 Å². The normalized spacial score (nSPS) is 20.4. The van der Waals surface area contributed by atoms with Crippen LogP contribution in [0.3, 0.4) is 0 Å². The zero-order valence-electron chi connectivity index (χ0n) is 12.9. The van der Waals surface area contributed by atoms with Gasteiger partial charge in [0, 0.05) is 36.6 Å². The highest BCUT2D eigenvalue weighted by atomic mass is 32.2. The minimum Gasteiger partial charge on any atom is -0.338 e. The van der Waals surface area contributed by atoms with Crippen LogP contribution in [0, 0.1) is 5.82 Å². The summed E-state index contributed by atoms with van der Waals surface area (Å²) in [6.07, 6.45) is 3.22. The zero-order valence-corrected chi connectivity index (χ0v) is 13.7. The first-order valence-electron chi connectivity index (χ1n) is 7.64. The molecule has 0 N–H and O–H groups in total. The number of carbonyl (C=O) groups is 1. The number of amides is 1. The molecule has 1 unspecified atom stereocenters. The second-order valence-electron chi connectivity index (χ2n) is 5.69. The molecule has 0 saturated carbocycles. The van der Waals surface area contributed by atoms with E-state index in [2.05, 4.69) is 4.98 Å². The first kappa shape index (κ1) is 16.6. The van der Waals surface area contributed by atoms with Gasteiger partial charge in [0.15, 0.2) is 9.84 Å². The van der Waals surface area contributed by atoms with Gasteiger partial charge in [0.25, 0.3) is 5.91 Å². The fourth-order valence-electron chi connectivity index (χ4n) is 2.91. The van der Waals surface area contributed by atoms with Crippen molar-refractivity contribution in [2.45, 2.75) is 11.7 Å². The zero-order chi connectivity index (χ0) is 17.2. The Bertz CT molecular complexity index is 840. The molecule has 24 heavy (non-hydrogen) atoms. The Hall–Kier alpha value is -2.28. The number of rotatable bonds is 2. The van der Waals surface area contributed by atoms with Gasteiger partial charge in [0.05, 0.1) is 11.0 Å².